The third kappa shape index (κ3) is 6.29. The van der Waals surface area contributed by atoms with Gasteiger partial charge in [0.1, 0.15) is 0 Å². The SMILES string of the molecule is CC1=C(C)C(C)([Si](c2cccc(C(C)C)c2)(c2cccc(C(C)C)c2)c2cccc(C(C)C)c2)[C]([Ti])=C1C.Cl.Cl.Cl. The van der Waals surface area contributed by atoms with Gasteiger partial charge in [-0.2, -0.15) is 0 Å². The number of halogens is 3. The second-order valence-electron chi connectivity index (χ2n) is 12.5. The van der Waals surface area contributed by atoms with Crippen molar-refractivity contribution in [3.05, 3.63) is 110 Å². The Morgan fingerprint density at radius 1 is 0.561 bits per heavy atom. The van der Waals surface area contributed by atoms with Crippen LogP contribution in [0, 0.1) is 0 Å². The van der Waals surface area contributed by atoms with E-state index in [1.54, 1.807) is 9.45 Å². The maximum Gasteiger partial charge on any atom is -0.147 e. The van der Waals surface area contributed by atoms with Crippen LogP contribution in [-0.2, 0) is 20.4 Å². The maximum absolute atomic E-state index is 2.67. The largest absolute Gasteiger partial charge is 0.147 e. The molecule has 0 radical (unpaired) electrons. The van der Waals surface area contributed by atoms with Gasteiger partial charge in [-0.3, -0.25) is 0 Å². The molecule has 0 spiro atoms. The summed E-state index contributed by atoms with van der Waals surface area (Å²) >= 11 is 2.42. The van der Waals surface area contributed by atoms with E-state index in [9.17, 15) is 0 Å². The minimum Gasteiger partial charge on any atom is -0.147 e. The van der Waals surface area contributed by atoms with Crippen molar-refractivity contribution in [2.75, 3.05) is 0 Å². The molecule has 1 atom stereocenters. The van der Waals surface area contributed by atoms with Gasteiger partial charge in [0.05, 0.1) is 0 Å². The molecule has 3 aromatic rings. The van der Waals surface area contributed by atoms with Gasteiger partial charge in [0.25, 0.3) is 0 Å². The molecule has 0 saturated carbocycles. The molecule has 1 aliphatic rings. The fourth-order valence-corrected chi connectivity index (χ4v) is 14.3. The predicted molar refractivity (Wildman–Crippen MR) is 187 cm³/mol. The first kappa shape index (κ1) is 38.0. The van der Waals surface area contributed by atoms with E-state index in [1.165, 1.54) is 43.4 Å². The smallest absolute Gasteiger partial charge is 0.147 e. The van der Waals surface area contributed by atoms with E-state index >= 15 is 0 Å². The van der Waals surface area contributed by atoms with Crippen LogP contribution in [0.25, 0.3) is 0 Å². The summed E-state index contributed by atoms with van der Waals surface area (Å²) in [7, 11) is -2.67. The second kappa shape index (κ2) is 14.6. The molecule has 5 heteroatoms. The summed E-state index contributed by atoms with van der Waals surface area (Å²) in [5.74, 6) is 1.45. The van der Waals surface area contributed by atoms with Crippen LogP contribution in [-0.4, -0.2) is 8.07 Å². The van der Waals surface area contributed by atoms with Crippen molar-refractivity contribution < 1.29 is 20.4 Å². The number of hydrogen-bond donors (Lipinski definition) is 0. The van der Waals surface area contributed by atoms with E-state index < -0.39 is 8.07 Å². The molecular formula is C36H48Cl3SiTi. The zero-order valence-corrected chi connectivity index (χ0v) is 31.4. The Balaban J connectivity index is 0.00000280. The first-order valence-corrected chi connectivity index (χ1v) is 17.1. The van der Waals surface area contributed by atoms with E-state index in [1.807, 2.05) is 0 Å². The number of benzene rings is 3. The van der Waals surface area contributed by atoms with E-state index in [4.69, 9.17) is 0 Å². The van der Waals surface area contributed by atoms with Crippen molar-refractivity contribution in [1.29, 1.82) is 0 Å². The summed E-state index contributed by atoms with van der Waals surface area (Å²) in [5, 5.41) is 4.49. The summed E-state index contributed by atoms with van der Waals surface area (Å²) in [4.78, 5) is 0. The molecule has 3 aromatic carbocycles. The Morgan fingerprint density at radius 2 is 0.878 bits per heavy atom. The molecular weight excluding hydrogens is 615 g/mol. The summed E-state index contributed by atoms with van der Waals surface area (Å²) in [6.45, 7) is 23.6. The molecule has 1 aliphatic carbocycles. The molecule has 0 amide bonds. The van der Waals surface area contributed by atoms with Crippen molar-refractivity contribution in [2.24, 2.45) is 0 Å². The molecule has 221 valence electrons. The van der Waals surface area contributed by atoms with Crippen molar-refractivity contribution in [1.82, 2.24) is 0 Å². The van der Waals surface area contributed by atoms with Gasteiger partial charge in [0, 0.05) is 0 Å². The normalized spacial score (nSPS) is 17.1. The molecule has 41 heavy (non-hydrogen) atoms. The van der Waals surface area contributed by atoms with Crippen molar-refractivity contribution in [3.8, 4) is 0 Å². The van der Waals surface area contributed by atoms with Gasteiger partial charge < -0.3 is 0 Å². The minimum atomic E-state index is -2.67. The van der Waals surface area contributed by atoms with Gasteiger partial charge >= 0.3 is 246 Å². The zero-order valence-electron chi connectivity index (χ0n) is 26.4. The Hall–Kier alpha value is -1.06. The van der Waals surface area contributed by atoms with Crippen LogP contribution in [0.15, 0.2) is 93.4 Å². The number of rotatable bonds is 7. The van der Waals surface area contributed by atoms with Crippen molar-refractivity contribution in [3.63, 3.8) is 0 Å². The number of allylic oxidation sites excluding steroid dienone is 4. The van der Waals surface area contributed by atoms with E-state index in [2.05, 4.69) is 162 Å². The van der Waals surface area contributed by atoms with E-state index in [0.29, 0.717) is 17.8 Å². The fourth-order valence-electron chi connectivity index (χ4n) is 6.63. The van der Waals surface area contributed by atoms with Gasteiger partial charge in [-0.25, -0.2) is 0 Å². The third-order valence-corrected chi connectivity index (χ3v) is 16.9. The molecule has 0 bridgehead atoms. The summed E-state index contributed by atoms with van der Waals surface area (Å²) in [6.07, 6.45) is 0. The Kier molecular flexibility index (Phi) is 13.5. The molecule has 0 fully saturated rings. The molecule has 4 rings (SSSR count). The van der Waals surface area contributed by atoms with Crippen LogP contribution in [0.2, 0.25) is 5.04 Å². The van der Waals surface area contributed by atoms with Gasteiger partial charge in [0.15, 0.2) is 0 Å². The molecule has 1 unspecified atom stereocenters. The molecule has 0 heterocycles. The topological polar surface area (TPSA) is 0 Å². The van der Waals surface area contributed by atoms with Crippen LogP contribution in [0.5, 0.6) is 0 Å². The predicted octanol–water partition coefficient (Wildman–Crippen LogP) is 9.72. The van der Waals surface area contributed by atoms with Gasteiger partial charge in [0.2, 0.25) is 0 Å². The molecule has 0 saturated heterocycles. The average molecular weight is 663 g/mol. The van der Waals surface area contributed by atoms with E-state index in [0.717, 1.165) is 0 Å². The van der Waals surface area contributed by atoms with E-state index in [-0.39, 0.29) is 42.3 Å². The third-order valence-electron chi connectivity index (χ3n) is 9.46. The monoisotopic (exact) mass is 661 g/mol. The van der Waals surface area contributed by atoms with Crippen LogP contribution in [0.4, 0.5) is 0 Å². The first-order chi connectivity index (χ1) is 17.9. The van der Waals surface area contributed by atoms with Crippen LogP contribution in [0.3, 0.4) is 0 Å². The quantitative estimate of drug-likeness (QED) is 0.175. The standard InChI is InChI=1S/C36H45Si.3ClH.Ti/c1-24(2)30-14-11-17-33(20-30)37(34-18-12-15-31(21-34)25(3)4,35-19-13-16-32(22-35)26(5)6)36(10)23-27(7)28(8)29(36)9;;;;/h11-22,24-26H,1-10H3;3*1H;. The molecule has 0 aliphatic heterocycles. The summed E-state index contributed by atoms with van der Waals surface area (Å²) in [6, 6.07) is 29.0. The molecule has 0 aromatic heterocycles. The van der Waals surface area contributed by atoms with Crippen LogP contribution < -0.4 is 15.6 Å². The summed E-state index contributed by atoms with van der Waals surface area (Å²) < 4.78 is 1.54. The fraction of sp³-hybridized carbons (Fsp3) is 0.389. The minimum absolute atomic E-state index is 0. The second-order valence-corrected chi connectivity index (χ2v) is 17.5. The van der Waals surface area contributed by atoms with Crippen molar-refractivity contribution >= 4 is 60.9 Å². The first-order valence-electron chi connectivity index (χ1n) is 14.3. The van der Waals surface area contributed by atoms with Crippen LogP contribution in [0.1, 0.15) is 104 Å². The van der Waals surface area contributed by atoms with Gasteiger partial charge in [-0.1, -0.05) is 0 Å². The Labute approximate surface area is 281 Å². The van der Waals surface area contributed by atoms with Crippen LogP contribution >= 0.6 is 37.2 Å². The zero-order chi connectivity index (χ0) is 28.0. The summed E-state index contributed by atoms with van der Waals surface area (Å²) in [5.41, 5.74) is 8.77. The molecule has 0 nitrogen and oxygen atoms in total. The van der Waals surface area contributed by atoms with Gasteiger partial charge in [-0.15, -0.1) is 37.2 Å². The molecule has 0 N–H and O–H groups in total. The average Bonchev–Trinajstić information content (AvgIpc) is 3.05. The Morgan fingerprint density at radius 3 is 1.12 bits per heavy atom. The number of hydrogen-bond acceptors (Lipinski definition) is 0. The maximum atomic E-state index is 2.58. The Bertz CT molecular complexity index is 1270. The van der Waals surface area contributed by atoms with Gasteiger partial charge in [-0.05, 0) is 0 Å². The van der Waals surface area contributed by atoms with Crippen molar-refractivity contribution in [2.45, 2.75) is 92.0 Å².